The summed E-state index contributed by atoms with van der Waals surface area (Å²) in [4.78, 5) is 0. The molecule has 0 heterocycles. The van der Waals surface area contributed by atoms with Crippen molar-refractivity contribution in [2.24, 2.45) is 0 Å². The molecule has 1 nitrogen and oxygen atoms in total. The van der Waals surface area contributed by atoms with Crippen LogP contribution in [0.2, 0.25) is 0 Å². The van der Waals surface area contributed by atoms with Gasteiger partial charge in [-0.05, 0) is 68.0 Å². The predicted molar refractivity (Wildman–Crippen MR) is 69.1 cm³/mol. The summed E-state index contributed by atoms with van der Waals surface area (Å²) in [6, 6.07) is 4.25. The van der Waals surface area contributed by atoms with E-state index in [1.165, 1.54) is 22.4 Å². The van der Waals surface area contributed by atoms with Crippen LogP contribution >= 0.6 is 11.8 Å². The molecule has 0 aromatic heterocycles. The zero-order valence-corrected chi connectivity index (χ0v) is 10.9. The molecule has 0 atom stereocenters. The summed E-state index contributed by atoms with van der Waals surface area (Å²) in [7, 11) is 0. The van der Waals surface area contributed by atoms with Gasteiger partial charge in [0, 0.05) is 0 Å². The van der Waals surface area contributed by atoms with Crippen LogP contribution in [-0.4, -0.2) is 18.6 Å². The SMILES string of the molecule is CSCCCOc1cc(C)c(C)c(C)c1. The third kappa shape index (κ3) is 3.78. The van der Waals surface area contributed by atoms with Crippen molar-refractivity contribution in [3.8, 4) is 5.75 Å². The van der Waals surface area contributed by atoms with Crippen LogP contribution in [0, 0.1) is 20.8 Å². The van der Waals surface area contributed by atoms with Gasteiger partial charge in [0.2, 0.25) is 0 Å². The quantitative estimate of drug-likeness (QED) is 0.705. The Morgan fingerprint density at radius 3 is 2.27 bits per heavy atom. The van der Waals surface area contributed by atoms with Gasteiger partial charge < -0.3 is 4.74 Å². The number of benzene rings is 1. The minimum absolute atomic E-state index is 0.822. The van der Waals surface area contributed by atoms with Gasteiger partial charge in [0.05, 0.1) is 6.61 Å². The van der Waals surface area contributed by atoms with Crippen molar-refractivity contribution < 1.29 is 4.74 Å². The van der Waals surface area contributed by atoms with Crippen LogP contribution in [0.1, 0.15) is 23.1 Å². The molecule has 0 saturated carbocycles. The largest absolute Gasteiger partial charge is 0.494 e. The molecule has 1 aromatic carbocycles. The van der Waals surface area contributed by atoms with Crippen molar-refractivity contribution in [1.82, 2.24) is 0 Å². The Bertz CT molecular complexity index is 297. The second-order valence-electron chi connectivity index (χ2n) is 3.88. The summed E-state index contributed by atoms with van der Waals surface area (Å²) in [6.45, 7) is 7.25. The molecular weight excluding hydrogens is 204 g/mol. The zero-order valence-electron chi connectivity index (χ0n) is 10.1. The van der Waals surface area contributed by atoms with Crippen LogP contribution in [0.3, 0.4) is 0 Å². The summed E-state index contributed by atoms with van der Waals surface area (Å²) in [6.07, 6.45) is 3.24. The lowest BCUT2D eigenvalue weighted by atomic mass is 10.0. The molecule has 0 fully saturated rings. The zero-order chi connectivity index (χ0) is 11.3. The molecule has 0 saturated heterocycles. The molecule has 0 N–H and O–H groups in total. The van der Waals surface area contributed by atoms with Gasteiger partial charge in [-0.1, -0.05) is 0 Å². The van der Waals surface area contributed by atoms with Gasteiger partial charge in [0.15, 0.2) is 0 Å². The normalized spacial score (nSPS) is 10.4. The van der Waals surface area contributed by atoms with Crippen molar-refractivity contribution >= 4 is 11.8 Å². The first kappa shape index (κ1) is 12.4. The third-order valence-corrected chi connectivity index (χ3v) is 3.36. The second kappa shape index (κ2) is 6.06. The van der Waals surface area contributed by atoms with Crippen molar-refractivity contribution in [2.45, 2.75) is 27.2 Å². The molecule has 0 aliphatic heterocycles. The minimum atomic E-state index is 0.822. The summed E-state index contributed by atoms with van der Waals surface area (Å²) < 4.78 is 5.71. The molecule has 0 spiro atoms. The number of rotatable bonds is 5. The van der Waals surface area contributed by atoms with Crippen LogP contribution in [0.4, 0.5) is 0 Å². The minimum Gasteiger partial charge on any atom is -0.494 e. The van der Waals surface area contributed by atoms with Crippen molar-refractivity contribution in [3.63, 3.8) is 0 Å². The lowest BCUT2D eigenvalue weighted by Gasteiger charge is -2.10. The molecule has 2 heteroatoms. The Morgan fingerprint density at radius 2 is 1.73 bits per heavy atom. The van der Waals surface area contributed by atoms with E-state index in [0.29, 0.717) is 0 Å². The average molecular weight is 224 g/mol. The van der Waals surface area contributed by atoms with Gasteiger partial charge in [-0.3, -0.25) is 0 Å². The lowest BCUT2D eigenvalue weighted by Crippen LogP contribution is -2.00. The highest BCUT2D eigenvalue weighted by molar-refractivity contribution is 7.98. The van der Waals surface area contributed by atoms with E-state index in [1.54, 1.807) is 0 Å². The van der Waals surface area contributed by atoms with Crippen LogP contribution in [0.15, 0.2) is 12.1 Å². The predicted octanol–water partition coefficient (Wildman–Crippen LogP) is 3.74. The maximum Gasteiger partial charge on any atom is 0.119 e. The Labute approximate surface area is 97.2 Å². The van der Waals surface area contributed by atoms with E-state index in [-0.39, 0.29) is 0 Å². The van der Waals surface area contributed by atoms with E-state index in [1.807, 2.05) is 11.8 Å². The standard InChI is InChI=1S/C13H20OS/c1-10-8-13(9-11(2)12(10)3)14-6-5-7-15-4/h8-9H,5-7H2,1-4H3. The second-order valence-corrected chi connectivity index (χ2v) is 4.86. The fourth-order valence-corrected chi connectivity index (χ4v) is 1.88. The van der Waals surface area contributed by atoms with Crippen LogP contribution in [0.5, 0.6) is 5.75 Å². The lowest BCUT2D eigenvalue weighted by molar-refractivity contribution is 0.318. The summed E-state index contributed by atoms with van der Waals surface area (Å²) >= 11 is 1.87. The maximum absolute atomic E-state index is 5.71. The Kier molecular flexibility index (Phi) is 5.03. The molecule has 1 rings (SSSR count). The Hall–Kier alpha value is -0.630. The van der Waals surface area contributed by atoms with E-state index >= 15 is 0 Å². The summed E-state index contributed by atoms with van der Waals surface area (Å²) in [5.74, 6) is 2.18. The van der Waals surface area contributed by atoms with Gasteiger partial charge in [-0.2, -0.15) is 11.8 Å². The number of ether oxygens (including phenoxy) is 1. The van der Waals surface area contributed by atoms with Gasteiger partial charge in [0.1, 0.15) is 5.75 Å². The first-order valence-electron chi connectivity index (χ1n) is 5.34. The molecule has 0 aliphatic carbocycles. The van der Waals surface area contributed by atoms with E-state index in [2.05, 4.69) is 39.2 Å². The third-order valence-electron chi connectivity index (χ3n) is 2.66. The van der Waals surface area contributed by atoms with Gasteiger partial charge in [-0.15, -0.1) is 0 Å². The number of hydrogen-bond donors (Lipinski definition) is 0. The molecule has 1 aromatic rings. The molecule has 0 aliphatic rings. The first-order chi connectivity index (χ1) is 7.15. The first-order valence-corrected chi connectivity index (χ1v) is 6.74. The molecule has 84 valence electrons. The molecule has 0 amide bonds. The molecule has 0 unspecified atom stereocenters. The maximum atomic E-state index is 5.71. The summed E-state index contributed by atoms with van der Waals surface area (Å²) in [5.41, 5.74) is 4.00. The highest BCUT2D eigenvalue weighted by Gasteiger charge is 2.01. The van der Waals surface area contributed by atoms with E-state index < -0.39 is 0 Å². The fraction of sp³-hybridized carbons (Fsp3) is 0.538. The molecule has 0 bridgehead atoms. The Morgan fingerprint density at radius 1 is 1.13 bits per heavy atom. The number of aryl methyl sites for hydroxylation is 2. The highest BCUT2D eigenvalue weighted by atomic mass is 32.2. The van der Waals surface area contributed by atoms with Crippen LogP contribution in [-0.2, 0) is 0 Å². The number of hydrogen-bond acceptors (Lipinski definition) is 2. The van der Waals surface area contributed by atoms with E-state index in [9.17, 15) is 0 Å². The Balaban J connectivity index is 2.55. The van der Waals surface area contributed by atoms with E-state index in [0.717, 1.165) is 18.8 Å². The molecular formula is C13H20OS. The van der Waals surface area contributed by atoms with Crippen LogP contribution < -0.4 is 4.74 Å². The van der Waals surface area contributed by atoms with Crippen molar-refractivity contribution in [2.75, 3.05) is 18.6 Å². The average Bonchev–Trinajstić information content (AvgIpc) is 2.21. The van der Waals surface area contributed by atoms with E-state index in [4.69, 9.17) is 4.74 Å². The topological polar surface area (TPSA) is 9.23 Å². The summed E-state index contributed by atoms with van der Waals surface area (Å²) in [5, 5.41) is 0. The number of thioether (sulfide) groups is 1. The van der Waals surface area contributed by atoms with Crippen molar-refractivity contribution in [1.29, 1.82) is 0 Å². The van der Waals surface area contributed by atoms with Crippen molar-refractivity contribution in [3.05, 3.63) is 28.8 Å². The fourth-order valence-electron chi connectivity index (χ4n) is 1.47. The van der Waals surface area contributed by atoms with Gasteiger partial charge in [0.25, 0.3) is 0 Å². The monoisotopic (exact) mass is 224 g/mol. The van der Waals surface area contributed by atoms with Gasteiger partial charge >= 0.3 is 0 Å². The molecule has 0 radical (unpaired) electrons. The smallest absolute Gasteiger partial charge is 0.119 e. The molecule has 15 heavy (non-hydrogen) atoms. The van der Waals surface area contributed by atoms with Gasteiger partial charge in [-0.25, -0.2) is 0 Å². The van der Waals surface area contributed by atoms with Crippen LogP contribution in [0.25, 0.3) is 0 Å². The highest BCUT2D eigenvalue weighted by Crippen LogP contribution is 2.21.